The highest BCUT2D eigenvalue weighted by Gasteiger charge is 2.25. The summed E-state index contributed by atoms with van der Waals surface area (Å²) in [5.74, 6) is 0. The molecule has 17 heavy (non-hydrogen) atoms. The summed E-state index contributed by atoms with van der Waals surface area (Å²) < 4.78 is 0. The minimum atomic E-state index is 0.0841. The van der Waals surface area contributed by atoms with Gasteiger partial charge in [0.1, 0.15) is 0 Å². The monoisotopic (exact) mass is 234 g/mol. The lowest BCUT2D eigenvalue weighted by molar-refractivity contribution is 0.302. The van der Waals surface area contributed by atoms with Gasteiger partial charge in [-0.15, -0.1) is 0 Å². The molecule has 0 saturated heterocycles. The maximum atomic E-state index is 5.83. The van der Waals surface area contributed by atoms with Crippen LogP contribution in [0.25, 0.3) is 0 Å². The number of anilines is 2. The fraction of sp³-hybridized carbons (Fsp3) is 0.600. The maximum Gasteiger partial charge on any atom is 0.0348 e. The van der Waals surface area contributed by atoms with Crippen LogP contribution in [0.3, 0.4) is 0 Å². The summed E-state index contributed by atoms with van der Waals surface area (Å²) in [6, 6.07) is 6.12. The summed E-state index contributed by atoms with van der Waals surface area (Å²) in [6.07, 6.45) is 1.11. The number of hydrogen-bond acceptors (Lipinski definition) is 2. The van der Waals surface area contributed by atoms with Gasteiger partial charge >= 0.3 is 0 Å². The van der Waals surface area contributed by atoms with E-state index in [4.69, 9.17) is 5.73 Å². The number of nitrogens with two attached hydrogens (primary N) is 1. The van der Waals surface area contributed by atoms with Crippen molar-refractivity contribution >= 4 is 11.4 Å². The molecule has 0 amide bonds. The van der Waals surface area contributed by atoms with Crippen LogP contribution in [0.2, 0.25) is 0 Å². The van der Waals surface area contributed by atoms with Crippen LogP contribution in [0, 0.1) is 12.3 Å². The van der Waals surface area contributed by atoms with Crippen LogP contribution < -0.4 is 11.1 Å². The highest BCUT2D eigenvalue weighted by atomic mass is 15.0. The Labute approximate surface area is 106 Å². The van der Waals surface area contributed by atoms with E-state index >= 15 is 0 Å². The van der Waals surface area contributed by atoms with Gasteiger partial charge in [0.25, 0.3) is 0 Å². The second kappa shape index (κ2) is 4.59. The van der Waals surface area contributed by atoms with Gasteiger partial charge in [-0.1, -0.05) is 20.8 Å². The number of nitrogens with one attached hydrogen (secondary N) is 1. The molecule has 96 valence electrons. The van der Waals surface area contributed by atoms with Crippen molar-refractivity contribution in [3.8, 4) is 0 Å². The lowest BCUT2D eigenvalue weighted by atomic mass is 9.81. The molecule has 0 heterocycles. The molecule has 0 unspecified atom stereocenters. The lowest BCUT2D eigenvalue weighted by Gasteiger charge is -2.34. The van der Waals surface area contributed by atoms with E-state index in [-0.39, 0.29) is 5.54 Å². The minimum Gasteiger partial charge on any atom is -0.399 e. The van der Waals surface area contributed by atoms with Crippen molar-refractivity contribution in [1.82, 2.24) is 0 Å². The van der Waals surface area contributed by atoms with Gasteiger partial charge in [-0.3, -0.25) is 0 Å². The van der Waals surface area contributed by atoms with E-state index in [1.807, 2.05) is 19.1 Å². The molecule has 2 nitrogen and oxygen atoms in total. The molecule has 3 N–H and O–H groups in total. The Morgan fingerprint density at radius 3 is 2.18 bits per heavy atom. The summed E-state index contributed by atoms with van der Waals surface area (Å²) in [4.78, 5) is 0. The predicted molar refractivity (Wildman–Crippen MR) is 77.4 cm³/mol. The molecule has 0 atom stereocenters. The smallest absolute Gasteiger partial charge is 0.0348 e. The third-order valence-electron chi connectivity index (χ3n) is 2.72. The molecule has 1 aromatic carbocycles. The zero-order chi connectivity index (χ0) is 13.3. The number of hydrogen-bond donors (Lipinski definition) is 2. The maximum absolute atomic E-state index is 5.83. The van der Waals surface area contributed by atoms with Crippen LogP contribution in [0.5, 0.6) is 0 Å². The fourth-order valence-corrected chi connectivity index (χ4v) is 2.51. The van der Waals surface area contributed by atoms with Gasteiger partial charge in [-0.05, 0) is 56.4 Å². The first kappa shape index (κ1) is 13.9. The largest absolute Gasteiger partial charge is 0.399 e. The van der Waals surface area contributed by atoms with Crippen molar-refractivity contribution in [3.05, 3.63) is 23.8 Å². The Kier molecular flexibility index (Phi) is 3.75. The summed E-state index contributed by atoms with van der Waals surface area (Å²) in [7, 11) is 0. The predicted octanol–water partition coefficient (Wildman–Crippen LogP) is 4.20. The molecular weight excluding hydrogens is 208 g/mol. The Balaban J connectivity index is 2.79. The zero-order valence-corrected chi connectivity index (χ0v) is 12.0. The molecule has 0 bridgehead atoms. The average molecular weight is 234 g/mol. The van der Waals surface area contributed by atoms with E-state index in [1.165, 1.54) is 0 Å². The minimum absolute atomic E-state index is 0.0841. The molecule has 0 saturated carbocycles. The third kappa shape index (κ3) is 4.68. The topological polar surface area (TPSA) is 38.0 Å². The Hall–Kier alpha value is -1.18. The SMILES string of the molecule is Cc1cc(NC(C)(C)CC(C)(C)C)ccc1N. The van der Waals surface area contributed by atoms with Crippen molar-refractivity contribution in [2.45, 2.75) is 53.5 Å². The molecule has 0 aliphatic rings. The van der Waals surface area contributed by atoms with Crippen LogP contribution in [0.15, 0.2) is 18.2 Å². The number of benzene rings is 1. The van der Waals surface area contributed by atoms with Crippen molar-refractivity contribution in [1.29, 1.82) is 0 Å². The fourth-order valence-electron chi connectivity index (χ4n) is 2.51. The molecule has 0 aliphatic heterocycles. The van der Waals surface area contributed by atoms with Gasteiger partial charge in [0, 0.05) is 16.9 Å². The van der Waals surface area contributed by atoms with Crippen LogP contribution in [0.1, 0.15) is 46.6 Å². The van der Waals surface area contributed by atoms with E-state index in [0.717, 1.165) is 23.4 Å². The number of aryl methyl sites for hydroxylation is 1. The van der Waals surface area contributed by atoms with Crippen molar-refractivity contribution in [2.75, 3.05) is 11.1 Å². The van der Waals surface area contributed by atoms with Crippen LogP contribution >= 0.6 is 0 Å². The van der Waals surface area contributed by atoms with Gasteiger partial charge in [0.2, 0.25) is 0 Å². The second-order valence-corrected chi connectivity index (χ2v) is 6.82. The van der Waals surface area contributed by atoms with Gasteiger partial charge in [0.15, 0.2) is 0 Å². The summed E-state index contributed by atoms with van der Waals surface area (Å²) >= 11 is 0. The normalized spacial score (nSPS) is 12.6. The van der Waals surface area contributed by atoms with Crippen LogP contribution in [-0.2, 0) is 0 Å². The summed E-state index contributed by atoms with van der Waals surface area (Å²) in [5, 5.41) is 3.59. The van der Waals surface area contributed by atoms with E-state index in [9.17, 15) is 0 Å². The molecule has 1 aromatic rings. The summed E-state index contributed by atoms with van der Waals surface area (Å²) in [5.41, 5.74) is 9.35. The van der Waals surface area contributed by atoms with Gasteiger partial charge in [0.05, 0.1) is 0 Å². The van der Waals surface area contributed by atoms with E-state index in [0.29, 0.717) is 5.41 Å². The zero-order valence-electron chi connectivity index (χ0n) is 12.0. The van der Waals surface area contributed by atoms with E-state index < -0.39 is 0 Å². The molecule has 2 heteroatoms. The highest BCUT2D eigenvalue weighted by molar-refractivity contribution is 5.57. The molecule has 0 aliphatic carbocycles. The second-order valence-electron chi connectivity index (χ2n) is 6.82. The van der Waals surface area contributed by atoms with Crippen molar-refractivity contribution < 1.29 is 0 Å². The van der Waals surface area contributed by atoms with Gasteiger partial charge in [-0.2, -0.15) is 0 Å². The quantitative estimate of drug-likeness (QED) is 0.769. The first-order valence-electron chi connectivity index (χ1n) is 6.23. The number of nitrogen functional groups attached to an aromatic ring is 1. The van der Waals surface area contributed by atoms with Gasteiger partial charge < -0.3 is 11.1 Å². The van der Waals surface area contributed by atoms with E-state index in [1.54, 1.807) is 0 Å². The number of rotatable bonds is 3. The molecule has 1 rings (SSSR count). The first-order valence-corrected chi connectivity index (χ1v) is 6.23. The molecule has 0 fully saturated rings. The van der Waals surface area contributed by atoms with Crippen molar-refractivity contribution in [2.24, 2.45) is 5.41 Å². The molecule has 0 radical (unpaired) electrons. The van der Waals surface area contributed by atoms with E-state index in [2.05, 4.69) is 46.0 Å². The average Bonchev–Trinajstić information content (AvgIpc) is 2.06. The van der Waals surface area contributed by atoms with Crippen molar-refractivity contribution in [3.63, 3.8) is 0 Å². The van der Waals surface area contributed by atoms with Crippen LogP contribution in [0.4, 0.5) is 11.4 Å². The van der Waals surface area contributed by atoms with Crippen LogP contribution in [-0.4, -0.2) is 5.54 Å². The first-order chi connectivity index (χ1) is 7.59. The summed E-state index contributed by atoms with van der Waals surface area (Å²) in [6.45, 7) is 13.3. The highest BCUT2D eigenvalue weighted by Crippen LogP contribution is 2.30. The van der Waals surface area contributed by atoms with Gasteiger partial charge in [-0.25, -0.2) is 0 Å². The standard InChI is InChI=1S/C15H26N2/c1-11-9-12(7-8-13(11)16)17-15(5,6)10-14(2,3)4/h7-9,17H,10,16H2,1-6H3. The Morgan fingerprint density at radius 1 is 1.12 bits per heavy atom. The third-order valence-corrected chi connectivity index (χ3v) is 2.72. The lowest BCUT2D eigenvalue weighted by Crippen LogP contribution is -2.35. The Morgan fingerprint density at radius 2 is 1.71 bits per heavy atom. The molecular formula is C15H26N2. The Bertz CT molecular complexity index is 386. The molecule has 0 aromatic heterocycles. The molecule has 0 spiro atoms.